The first-order valence-electron chi connectivity index (χ1n) is 5.64. The molecule has 0 unspecified atom stereocenters. The summed E-state index contributed by atoms with van der Waals surface area (Å²) in [4.78, 5) is 10.7. The third-order valence-corrected chi connectivity index (χ3v) is 3.25. The molecule has 0 amide bonds. The van der Waals surface area contributed by atoms with Crippen LogP contribution in [0.5, 0.6) is 0 Å². The Morgan fingerprint density at radius 2 is 1.65 bits per heavy atom. The summed E-state index contributed by atoms with van der Waals surface area (Å²) in [5.41, 5.74) is -3.35. The van der Waals surface area contributed by atoms with Gasteiger partial charge in [-0.15, -0.1) is 0 Å². The molecule has 0 bridgehead atoms. The summed E-state index contributed by atoms with van der Waals surface area (Å²) in [5, 5.41) is 8.71. The second kappa shape index (κ2) is 4.57. The van der Waals surface area contributed by atoms with Crippen LogP contribution < -0.4 is 0 Å². The SMILES string of the molecule is O=C(O)/C=C(/c1cc(F)cc(F)c1)C1(C(F)(F)F)CC1. The van der Waals surface area contributed by atoms with Crippen molar-refractivity contribution in [2.45, 2.75) is 19.0 Å². The minimum Gasteiger partial charge on any atom is -0.478 e. The van der Waals surface area contributed by atoms with Gasteiger partial charge in [0.25, 0.3) is 0 Å². The molecule has 0 aromatic heterocycles. The predicted octanol–water partition coefficient (Wildman–Crippen LogP) is 3.78. The van der Waals surface area contributed by atoms with Gasteiger partial charge in [0, 0.05) is 12.1 Å². The molecule has 0 aliphatic heterocycles. The Kier molecular flexibility index (Phi) is 3.31. The van der Waals surface area contributed by atoms with Crippen LogP contribution in [0, 0.1) is 17.0 Å². The summed E-state index contributed by atoms with van der Waals surface area (Å²) < 4.78 is 65.5. The van der Waals surface area contributed by atoms with Crippen LogP contribution in [-0.2, 0) is 4.79 Å². The standard InChI is InChI=1S/C13H9F5O2/c14-8-3-7(4-9(15)5-8)10(6-11(19)20)12(1-2-12)13(16,17)18/h3-6H,1-2H2,(H,19,20)/b10-6-. The number of carbonyl (C=O) groups is 1. The lowest BCUT2D eigenvalue weighted by molar-refractivity contribution is -0.168. The van der Waals surface area contributed by atoms with Crippen molar-refractivity contribution in [3.05, 3.63) is 41.5 Å². The van der Waals surface area contributed by atoms with Crippen molar-refractivity contribution in [1.82, 2.24) is 0 Å². The first-order valence-corrected chi connectivity index (χ1v) is 5.64. The van der Waals surface area contributed by atoms with Crippen LogP contribution in [-0.4, -0.2) is 17.3 Å². The molecule has 1 aromatic rings. The van der Waals surface area contributed by atoms with Crippen LogP contribution in [0.2, 0.25) is 0 Å². The van der Waals surface area contributed by atoms with Gasteiger partial charge in [0.15, 0.2) is 0 Å². The summed E-state index contributed by atoms with van der Waals surface area (Å²) in [7, 11) is 0. The first-order chi connectivity index (χ1) is 9.15. The van der Waals surface area contributed by atoms with Crippen LogP contribution in [0.15, 0.2) is 24.3 Å². The maximum Gasteiger partial charge on any atom is 0.398 e. The lowest BCUT2D eigenvalue weighted by atomic mass is 9.88. The highest BCUT2D eigenvalue weighted by Gasteiger charge is 2.65. The monoisotopic (exact) mass is 292 g/mol. The molecule has 1 saturated carbocycles. The fraction of sp³-hybridized carbons (Fsp3) is 0.308. The van der Waals surface area contributed by atoms with Crippen LogP contribution in [0.25, 0.3) is 5.57 Å². The zero-order chi connectivity index (χ0) is 15.1. The van der Waals surface area contributed by atoms with Gasteiger partial charge in [-0.3, -0.25) is 0 Å². The molecule has 20 heavy (non-hydrogen) atoms. The Hall–Kier alpha value is -1.92. The molecule has 0 spiro atoms. The number of carboxylic acids is 1. The number of hydrogen-bond acceptors (Lipinski definition) is 1. The van der Waals surface area contributed by atoms with Crippen LogP contribution in [0.3, 0.4) is 0 Å². The Bertz CT molecular complexity index is 565. The van der Waals surface area contributed by atoms with Gasteiger partial charge in [-0.2, -0.15) is 13.2 Å². The molecule has 1 aromatic carbocycles. The lowest BCUT2D eigenvalue weighted by Gasteiger charge is -2.22. The number of allylic oxidation sites excluding steroid dienone is 1. The smallest absolute Gasteiger partial charge is 0.398 e. The molecular weight excluding hydrogens is 283 g/mol. The third-order valence-electron chi connectivity index (χ3n) is 3.25. The van der Waals surface area contributed by atoms with E-state index in [1.54, 1.807) is 0 Å². The van der Waals surface area contributed by atoms with E-state index in [1.807, 2.05) is 0 Å². The summed E-state index contributed by atoms with van der Waals surface area (Å²) in [6.45, 7) is 0. The van der Waals surface area contributed by atoms with Crippen molar-refractivity contribution in [3.8, 4) is 0 Å². The molecule has 7 heteroatoms. The second-order valence-electron chi connectivity index (χ2n) is 4.63. The quantitative estimate of drug-likeness (QED) is 0.680. The number of hydrogen-bond donors (Lipinski definition) is 1. The Morgan fingerprint density at radius 1 is 1.15 bits per heavy atom. The van der Waals surface area contributed by atoms with Crippen LogP contribution in [0.1, 0.15) is 18.4 Å². The van der Waals surface area contributed by atoms with Crippen molar-refractivity contribution in [2.75, 3.05) is 0 Å². The molecule has 2 rings (SSSR count). The normalized spacial score (nSPS) is 17.9. The van der Waals surface area contributed by atoms with Gasteiger partial charge in [-0.05, 0) is 36.1 Å². The summed E-state index contributed by atoms with van der Waals surface area (Å²) in [6, 6.07) is 1.91. The van der Waals surface area contributed by atoms with Gasteiger partial charge in [0.2, 0.25) is 0 Å². The summed E-state index contributed by atoms with van der Waals surface area (Å²) >= 11 is 0. The van der Waals surface area contributed by atoms with Gasteiger partial charge < -0.3 is 5.11 Å². The van der Waals surface area contributed by atoms with Gasteiger partial charge in [-0.1, -0.05) is 0 Å². The number of aliphatic carboxylic acids is 1. The van der Waals surface area contributed by atoms with E-state index in [1.165, 1.54) is 0 Å². The number of halogens is 5. The molecule has 2 nitrogen and oxygen atoms in total. The van der Waals surface area contributed by atoms with E-state index in [9.17, 15) is 26.7 Å². The molecule has 108 valence electrons. The molecule has 0 atom stereocenters. The van der Waals surface area contributed by atoms with Crippen molar-refractivity contribution >= 4 is 11.5 Å². The van der Waals surface area contributed by atoms with Crippen molar-refractivity contribution in [3.63, 3.8) is 0 Å². The highest BCUT2D eigenvalue weighted by atomic mass is 19.4. The van der Waals surface area contributed by atoms with Crippen LogP contribution >= 0.6 is 0 Å². The second-order valence-corrected chi connectivity index (χ2v) is 4.63. The Balaban J connectivity index is 2.58. The maximum absolute atomic E-state index is 13.1. The van der Waals surface area contributed by atoms with E-state index in [2.05, 4.69) is 0 Å². The van der Waals surface area contributed by atoms with E-state index in [0.29, 0.717) is 24.3 Å². The highest BCUT2D eigenvalue weighted by Crippen LogP contribution is 2.64. The van der Waals surface area contributed by atoms with Gasteiger partial charge >= 0.3 is 12.1 Å². The molecule has 1 aliphatic rings. The highest BCUT2D eigenvalue weighted by molar-refractivity contribution is 5.92. The lowest BCUT2D eigenvalue weighted by Crippen LogP contribution is -2.26. The van der Waals surface area contributed by atoms with Crippen molar-refractivity contribution in [1.29, 1.82) is 0 Å². The third kappa shape index (κ3) is 2.52. The number of benzene rings is 1. The predicted molar refractivity (Wildman–Crippen MR) is 59.7 cm³/mol. The number of alkyl halides is 3. The minimum atomic E-state index is -4.67. The average molecular weight is 292 g/mol. The molecule has 0 heterocycles. The molecule has 1 fully saturated rings. The van der Waals surface area contributed by atoms with Crippen molar-refractivity contribution in [2.24, 2.45) is 5.41 Å². The zero-order valence-electron chi connectivity index (χ0n) is 9.97. The molecule has 1 N–H and O–H groups in total. The zero-order valence-corrected chi connectivity index (χ0v) is 9.97. The molecule has 0 radical (unpaired) electrons. The topological polar surface area (TPSA) is 37.3 Å². The van der Waals surface area contributed by atoms with E-state index in [0.717, 1.165) is 0 Å². The molecule has 0 saturated heterocycles. The van der Waals surface area contributed by atoms with Gasteiger partial charge in [0.1, 0.15) is 11.6 Å². The fourth-order valence-electron chi connectivity index (χ4n) is 2.16. The number of carboxylic acid groups (broad SMARTS) is 1. The van der Waals surface area contributed by atoms with Crippen LogP contribution in [0.4, 0.5) is 22.0 Å². The maximum atomic E-state index is 13.1. The largest absolute Gasteiger partial charge is 0.478 e. The first kappa shape index (κ1) is 14.5. The van der Waals surface area contributed by atoms with E-state index in [-0.39, 0.29) is 12.8 Å². The summed E-state index contributed by atoms with van der Waals surface area (Å²) in [5.74, 6) is -3.72. The molecule has 1 aliphatic carbocycles. The average Bonchev–Trinajstić information content (AvgIpc) is 3.04. The van der Waals surface area contributed by atoms with E-state index < -0.39 is 40.3 Å². The van der Waals surface area contributed by atoms with Gasteiger partial charge in [0.05, 0.1) is 5.41 Å². The van der Waals surface area contributed by atoms with E-state index >= 15 is 0 Å². The number of rotatable bonds is 3. The summed E-state index contributed by atoms with van der Waals surface area (Å²) in [6.07, 6.45) is -4.90. The van der Waals surface area contributed by atoms with E-state index in [4.69, 9.17) is 5.11 Å². The fourth-order valence-corrected chi connectivity index (χ4v) is 2.16. The van der Waals surface area contributed by atoms with Crippen molar-refractivity contribution < 1.29 is 31.9 Å². The minimum absolute atomic E-state index is 0.298. The molecular formula is C13H9F5O2. The van der Waals surface area contributed by atoms with Gasteiger partial charge in [-0.25, -0.2) is 13.6 Å². The Morgan fingerprint density at radius 3 is 2.00 bits per heavy atom. The Labute approximate surface area is 110 Å².